The first-order chi connectivity index (χ1) is 19.8. The molecule has 0 saturated heterocycles. The van der Waals surface area contributed by atoms with Crippen LogP contribution < -0.4 is 10.1 Å². The van der Waals surface area contributed by atoms with E-state index in [9.17, 15) is 19.5 Å². The predicted molar refractivity (Wildman–Crippen MR) is 155 cm³/mol. The van der Waals surface area contributed by atoms with Crippen molar-refractivity contribution in [3.8, 4) is 5.75 Å². The number of hydrogen-bond donors (Lipinski definition) is 2. The zero-order valence-electron chi connectivity index (χ0n) is 23.6. The molecule has 4 rings (SSSR count). The fraction of sp³-hybridized carbons (Fsp3) is 0.516. The molecule has 2 aromatic carbocycles. The molecule has 2 fully saturated rings. The number of anilines is 1. The first-order valence-corrected chi connectivity index (χ1v) is 14.6. The molecular weight excluding hydrogens is 548 g/mol. The molecule has 2 aromatic rings. The van der Waals surface area contributed by atoms with Gasteiger partial charge in [0.05, 0.1) is 12.1 Å². The smallest absolute Gasteiger partial charge is 0.411 e. The Morgan fingerprint density at radius 3 is 2.41 bits per heavy atom. The lowest BCUT2D eigenvalue weighted by Gasteiger charge is -2.37. The number of hydrogen-bond acceptors (Lipinski definition) is 8. The number of halogens is 1. The summed E-state index contributed by atoms with van der Waals surface area (Å²) in [5.74, 6) is -0.411. The third-order valence-electron chi connectivity index (χ3n) is 8.35. The fourth-order valence-corrected chi connectivity index (χ4v) is 6.22. The monoisotopic (exact) mass is 586 g/mol. The van der Waals surface area contributed by atoms with Gasteiger partial charge in [-0.05, 0) is 63.3 Å². The SMILES string of the molecule is COc1cc(C=O)cc(Cl)c1NC(=O)OCCN(C)C1CCC(OC(=O)[C@](O)(c2ccccc2)C2CCCC2)CC1. The Morgan fingerprint density at radius 1 is 1.10 bits per heavy atom. The van der Waals surface area contributed by atoms with Crippen LogP contribution in [-0.2, 0) is 19.9 Å². The molecule has 0 aliphatic heterocycles. The molecule has 9 nitrogen and oxygen atoms in total. The number of likely N-dealkylation sites (N-methyl/N-ethyl adjacent to an activating group) is 1. The highest BCUT2D eigenvalue weighted by molar-refractivity contribution is 6.34. The second kappa shape index (κ2) is 14.2. The molecule has 0 radical (unpaired) electrons. The molecule has 2 aliphatic carbocycles. The molecule has 10 heteroatoms. The summed E-state index contributed by atoms with van der Waals surface area (Å²) in [5, 5.41) is 14.4. The van der Waals surface area contributed by atoms with E-state index in [0.717, 1.165) is 38.5 Å². The normalized spacial score (nSPS) is 20.7. The van der Waals surface area contributed by atoms with E-state index in [4.69, 9.17) is 25.8 Å². The van der Waals surface area contributed by atoms with Gasteiger partial charge in [-0.15, -0.1) is 0 Å². The van der Waals surface area contributed by atoms with Crippen LogP contribution >= 0.6 is 11.6 Å². The molecule has 2 aliphatic rings. The maximum Gasteiger partial charge on any atom is 0.411 e. The number of methoxy groups -OCH3 is 1. The van der Waals surface area contributed by atoms with Gasteiger partial charge in [-0.2, -0.15) is 0 Å². The van der Waals surface area contributed by atoms with Gasteiger partial charge < -0.3 is 24.2 Å². The van der Waals surface area contributed by atoms with Gasteiger partial charge in [0, 0.05) is 24.1 Å². The molecule has 2 saturated carbocycles. The van der Waals surface area contributed by atoms with Crippen LogP contribution in [0.3, 0.4) is 0 Å². The molecular formula is C31H39ClN2O7. The fourth-order valence-electron chi connectivity index (χ4n) is 5.96. The number of carbonyl (C=O) groups is 3. The van der Waals surface area contributed by atoms with Crippen LogP contribution in [0.1, 0.15) is 67.3 Å². The lowest BCUT2D eigenvalue weighted by atomic mass is 9.80. The van der Waals surface area contributed by atoms with E-state index >= 15 is 0 Å². The molecule has 1 atom stereocenters. The van der Waals surface area contributed by atoms with E-state index in [1.54, 1.807) is 0 Å². The van der Waals surface area contributed by atoms with E-state index in [0.29, 0.717) is 36.8 Å². The highest BCUT2D eigenvalue weighted by Gasteiger charge is 2.48. The van der Waals surface area contributed by atoms with Gasteiger partial charge in [-0.1, -0.05) is 54.8 Å². The van der Waals surface area contributed by atoms with Crippen molar-refractivity contribution in [1.82, 2.24) is 4.90 Å². The number of aldehydes is 1. The van der Waals surface area contributed by atoms with Gasteiger partial charge in [0.25, 0.3) is 0 Å². The highest BCUT2D eigenvalue weighted by atomic mass is 35.5. The van der Waals surface area contributed by atoms with Crippen LogP contribution in [0.15, 0.2) is 42.5 Å². The Morgan fingerprint density at radius 2 is 1.78 bits per heavy atom. The van der Waals surface area contributed by atoms with Crippen LogP contribution in [-0.4, -0.2) is 67.8 Å². The molecule has 41 heavy (non-hydrogen) atoms. The Hall–Kier alpha value is -3.14. The standard InChI is InChI=1S/C31H39ClN2O7/c1-34(16-17-40-30(37)33-28-26(32)18-21(20-35)19-27(28)39-2)24-12-14-25(15-13-24)41-29(36)31(38,23-10-6-7-11-23)22-8-4-3-5-9-22/h3-5,8-9,18-20,23-25,38H,6-7,10-17H2,1-2H3,(H,33,37)/t24?,25?,31-/m0/s1. The van der Waals surface area contributed by atoms with Crippen molar-refractivity contribution in [2.24, 2.45) is 5.92 Å². The Kier molecular flexibility index (Phi) is 10.6. The Labute approximate surface area is 246 Å². The van der Waals surface area contributed by atoms with Crippen molar-refractivity contribution >= 4 is 35.6 Å². The molecule has 0 spiro atoms. The van der Waals surface area contributed by atoms with Crippen LogP contribution in [0.25, 0.3) is 0 Å². The summed E-state index contributed by atoms with van der Waals surface area (Å²) in [6.45, 7) is 0.683. The Balaban J connectivity index is 1.23. The summed E-state index contributed by atoms with van der Waals surface area (Å²) < 4.78 is 16.5. The quantitative estimate of drug-likeness (QED) is 0.259. The lowest BCUT2D eigenvalue weighted by Crippen LogP contribution is -2.46. The first kappa shape index (κ1) is 30.8. The van der Waals surface area contributed by atoms with E-state index in [2.05, 4.69) is 10.2 Å². The minimum atomic E-state index is -1.62. The van der Waals surface area contributed by atoms with Gasteiger partial charge in [-0.25, -0.2) is 9.59 Å². The molecule has 1 amide bonds. The third kappa shape index (κ3) is 7.39. The number of carbonyl (C=O) groups excluding carboxylic acids is 3. The molecule has 0 aromatic heterocycles. The predicted octanol–water partition coefficient (Wildman–Crippen LogP) is 5.57. The van der Waals surface area contributed by atoms with Crippen molar-refractivity contribution in [2.45, 2.75) is 69.1 Å². The number of nitrogens with zero attached hydrogens (tertiary/aromatic N) is 1. The van der Waals surface area contributed by atoms with Crippen molar-refractivity contribution < 1.29 is 33.7 Å². The van der Waals surface area contributed by atoms with Gasteiger partial charge in [0.15, 0.2) is 5.60 Å². The van der Waals surface area contributed by atoms with E-state index in [1.165, 1.54) is 19.2 Å². The van der Waals surface area contributed by atoms with Crippen molar-refractivity contribution in [3.05, 3.63) is 58.6 Å². The van der Waals surface area contributed by atoms with Crippen LogP contribution in [0.2, 0.25) is 5.02 Å². The molecule has 0 unspecified atom stereocenters. The van der Waals surface area contributed by atoms with Gasteiger partial charge in [0.1, 0.15) is 30.4 Å². The summed E-state index contributed by atoms with van der Waals surface area (Å²) >= 11 is 6.19. The maximum atomic E-state index is 13.4. The Bertz CT molecular complexity index is 1200. The minimum Gasteiger partial charge on any atom is -0.494 e. The average Bonchev–Trinajstić information content (AvgIpc) is 3.54. The molecule has 222 valence electrons. The largest absolute Gasteiger partial charge is 0.494 e. The van der Waals surface area contributed by atoms with Crippen molar-refractivity contribution in [1.29, 1.82) is 0 Å². The van der Waals surface area contributed by atoms with Crippen LogP contribution in [0, 0.1) is 5.92 Å². The van der Waals surface area contributed by atoms with E-state index < -0.39 is 17.7 Å². The average molecular weight is 587 g/mol. The van der Waals surface area contributed by atoms with Gasteiger partial charge >= 0.3 is 12.1 Å². The highest BCUT2D eigenvalue weighted by Crippen LogP contribution is 2.42. The number of nitrogens with one attached hydrogen (secondary N) is 1. The van der Waals surface area contributed by atoms with Crippen molar-refractivity contribution in [3.63, 3.8) is 0 Å². The summed E-state index contributed by atoms with van der Waals surface area (Å²) in [5.41, 5.74) is -0.447. The molecule has 0 bridgehead atoms. The third-order valence-corrected chi connectivity index (χ3v) is 8.65. The summed E-state index contributed by atoms with van der Waals surface area (Å²) in [6.07, 6.45) is 6.41. The summed E-state index contributed by atoms with van der Waals surface area (Å²) in [4.78, 5) is 38.9. The maximum absolute atomic E-state index is 13.4. The molecule has 2 N–H and O–H groups in total. The second-order valence-electron chi connectivity index (χ2n) is 10.9. The number of benzene rings is 2. The van der Waals surface area contributed by atoms with E-state index in [-0.39, 0.29) is 41.1 Å². The zero-order valence-corrected chi connectivity index (χ0v) is 24.4. The van der Waals surface area contributed by atoms with Crippen LogP contribution in [0.4, 0.5) is 10.5 Å². The number of esters is 1. The zero-order chi connectivity index (χ0) is 29.4. The number of amides is 1. The molecule has 0 heterocycles. The van der Waals surface area contributed by atoms with Gasteiger partial charge in [-0.3, -0.25) is 10.1 Å². The van der Waals surface area contributed by atoms with Crippen LogP contribution in [0.5, 0.6) is 5.75 Å². The summed E-state index contributed by atoms with van der Waals surface area (Å²) in [6, 6.07) is 12.3. The minimum absolute atomic E-state index is 0.134. The lowest BCUT2D eigenvalue weighted by molar-refractivity contribution is -0.181. The van der Waals surface area contributed by atoms with Gasteiger partial charge in [0.2, 0.25) is 0 Å². The number of aliphatic hydroxyl groups is 1. The second-order valence-corrected chi connectivity index (χ2v) is 11.3. The number of ether oxygens (including phenoxy) is 3. The topological polar surface area (TPSA) is 114 Å². The first-order valence-electron chi connectivity index (χ1n) is 14.2. The van der Waals surface area contributed by atoms with Crippen molar-refractivity contribution in [2.75, 3.05) is 32.6 Å². The summed E-state index contributed by atoms with van der Waals surface area (Å²) in [7, 11) is 3.39. The number of rotatable bonds is 11. The van der Waals surface area contributed by atoms with E-state index in [1.807, 2.05) is 37.4 Å².